The third kappa shape index (κ3) is 4.67. The minimum Gasteiger partial charge on any atom is -0.340 e. The van der Waals surface area contributed by atoms with Gasteiger partial charge in [-0.15, -0.1) is 0 Å². The van der Waals surface area contributed by atoms with Crippen LogP contribution in [0.25, 0.3) is 0 Å². The number of carbonyl (C=O) groups is 2. The maximum absolute atomic E-state index is 12.7. The number of nitrogens with zero attached hydrogens (tertiary/aromatic N) is 3. The van der Waals surface area contributed by atoms with Crippen molar-refractivity contribution in [2.45, 2.75) is 32.7 Å². The zero-order chi connectivity index (χ0) is 20.2. The van der Waals surface area contributed by atoms with Crippen LogP contribution in [0.2, 0.25) is 0 Å². The molecule has 2 heterocycles. The van der Waals surface area contributed by atoms with Gasteiger partial charge in [-0.25, -0.2) is 0 Å². The maximum atomic E-state index is 12.7. The Kier molecular flexibility index (Phi) is 5.95. The Morgan fingerprint density at radius 1 is 0.931 bits per heavy atom. The Balaban J connectivity index is 1.27. The number of hydrogen-bond donors (Lipinski definition) is 0. The van der Waals surface area contributed by atoms with Crippen LogP contribution in [0, 0.1) is 6.92 Å². The summed E-state index contributed by atoms with van der Waals surface area (Å²) in [5, 5.41) is 0. The summed E-state index contributed by atoms with van der Waals surface area (Å²) in [6.07, 6.45) is 1.98. The minimum atomic E-state index is 0.186. The van der Waals surface area contributed by atoms with E-state index in [-0.39, 0.29) is 11.8 Å². The van der Waals surface area contributed by atoms with Crippen LogP contribution in [-0.4, -0.2) is 54.3 Å². The summed E-state index contributed by atoms with van der Waals surface area (Å²) in [4.78, 5) is 30.8. The molecule has 2 fully saturated rings. The van der Waals surface area contributed by atoms with E-state index in [0.717, 1.165) is 56.9 Å². The van der Waals surface area contributed by atoms with Gasteiger partial charge in [0.15, 0.2) is 0 Å². The quantitative estimate of drug-likeness (QED) is 0.787. The number of piperazine rings is 1. The molecule has 2 aliphatic rings. The van der Waals surface area contributed by atoms with E-state index in [1.165, 1.54) is 11.1 Å². The fourth-order valence-electron chi connectivity index (χ4n) is 4.19. The van der Waals surface area contributed by atoms with Gasteiger partial charge in [0, 0.05) is 51.4 Å². The lowest BCUT2D eigenvalue weighted by Gasteiger charge is -2.35. The molecule has 0 N–H and O–H groups in total. The lowest BCUT2D eigenvalue weighted by molar-refractivity contribution is -0.132. The van der Waals surface area contributed by atoms with Crippen LogP contribution in [0.1, 0.15) is 29.5 Å². The van der Waals surface area contributed by atoms with Crippen LogP contribution in [0.3, 0.4) is 0 Å². The van der Waals surface area contributed by atoms with E-state index in [4.69, 9.17) is 0 Å². The largest absolute Gasteiger partial charge is 0.340 e. The van der Waals surface area contributed by atoms with Crippen LogP contribution in [0.5, 0.6) is 0 Å². The number of benzene rings is 2. The summed E-state index contributed by atoms with van der Waals surface area (Å²) in [6.45, 7) is 7.29. The molecule has 152 valence electrons. The van der Waals surface area contributed by atoms with Crippen LogP contribution >= 0.6 is 0 Å². The summed E-state index contributed by atoms with van der Waals surface area (Å²) < 4.78 is 0. The highest BCUT2D eigenvalue weighted by molar-refractivity contribution is 5.95. The van der Waals surface area contributed by atoms with Crippen molar-refractivity contribution in [1.29, 1.82) is 0 Å². The Bertz CT molecular complexity index is 870. The van der Waals surface area contributed by atoms with Gasteiger partial charge in [0.25, 0.3) is 0 Å². The second-order valence-electron chi connectivity index (χ2n) is 8.08. The molecule has 2 aromatic rings. The van der Waals surface area contributed by atoms with Crippen molar-refractivity contribution in [3.05, 3.63) is 65.2 Å². The molecule has 0 saturated carbocycles. The van der Waals surface area contributed by atoms with Crippen molar-refractivity contribution in [2.75, 3.05) is 37.6 Å². The smallest absolute Gasteiger partial charge is 0.227 e. The van der Waals surface area contributed by atoms with Crippen molar-refractivity contribution < 1.29 is 9.59 Å². The number of carbonyl (C=O) groups excluding carboxylic acids is 2. The lowest BCUT2D eigenvalue weighted by Crippen LogP contribution is -2.48. The van der Waals surface area contributed by atoms with E-state index < -0.39 is 0 Å². The average Bonchev–Trinajstić information content (AvgIpc) is 3.17. The molecular weight excluding hydrogens is 362 g/mol. The van der Waals surface area contributed by atoms with E-state index in [1.807, 2.05) is 34.1 Å². The van der Waals surface area contributed by atoms with Gasteiger partial charge in [-0.2, -0.15) is 0 Å². The van der Waals surface area contributed by atoms with E-state index in [0.29, 0.717) is 12.8 Å². The second-order valence-corrected chi connectivity index (χ2v) is 8.08. The van der Waals surface area contributed by atoms with Gasteiger partial charge < -0.3 is 9.80 Å². The molecule has 5 heteroatoms. The SMILES string of the molecule is Cc1ccccc1CN1CCN(C(=O)Cc2ccc(N3CCCC3=O)cc2)CC1. The molecule has 2 aliphatic heterocycles. The summed E-state index contributed by atoms with van der Waals surface area (Å²) in [7, 11) is 0. The van der Waals surface area contributed by atoms with Crippen LogP contribution < -0.4 is 4.90 Å². The van der Waals surface area contributed by atoms with Crippen molar-refractivity contribution in [3.8, 4) is 0 Å². The highest BCUT2D eigenvalue weighted by Crippen LogP contribution is 2.22. The van der Waals surface area contributed by atoms with Gasteiger partial charge in [0.05, 0.1) is 6.42 Å². The fourth-order valence-corrected chi connectivity index (χ4v) is 4.19. The zero-order valence-electron chi connectivity index (χ0n) is 17.1. The predicted molar refractivity (Wildman–Crippen MR) is 115 cm³/mol. The van der Waals surface area contributed by atoms with Crippen LogP contribution in [0.4, 0.5) is 5.69 Å². The molecule has 0 spiro atoms. The predicted octanol–water partition coefficient (Wildman–Crippen LogP) is 3.01. The van der Waals surface area contributed by atoms with Gasteiger partial charge in [-0.05, 0) is 42.2 Å². The molecule has 2 amide bonds. The first-order chi connectivity index (χ1) is 14.1. The summed E-state index contributed by atoms with van der Waals surface area (Å²) in [6, 6.07) is 16.4. The number of anilines is 1. The third-order valence-corrected chi connectivity index (χ3v) is 6.06. The summed E-state index contributed by atoms with van der Waals surface area (Å²) in [5.74, 6) is 0.378. The van der Waals surface area contributed by atoms with E-state index in [2.05, 4.69) is 36.1 Å². The van der Waals surface area contributed by atoms with Crippen LogP contribution in [-0.2, 0) is 22.6 Å². The molecule has 2 saturated heterocycles. The Morgan fingerprint density at radius 3 is 2.31 bits per heavy atom. The summed E-state index contributed by atoms with van der Waals surface area (Å²) in [5.41, 5.74) is 4.63. The second kappa shape index (κ2) is 8.78. The molecule has 29 heavy (non-hydrogen) atoms. The average molecular weight is 392 g/mol. The minimum absolute atomic E-state index is 0.186. The number of rotatable bonds is 5. The van der Waals surface area contributed by atoms with E-state index in [1.54, 1.807) is 0 Å². The van der Waals surface area contributed by atoms with Crippen molar-refractivity contribution >= 4 is 17.5 Å². The Hall–Kier alpha value is -2.66. The Morgan fingerprint density at radius 2 is 1.66 bits per heavy atom. The standard InChI is InChI=1S/C24H29N3O2/c1-19-5-2-3-6-21(19)18-25-13-15-26(16-14-25)24(29)17-20-8-10-22(11-9-20)27-12-4-7-23(27)28/h2-3,5-6,8-11H,4,7,12-18H2,1H3. The number of aryl methyl sites for hydroxylation is 1. The molecule has 4 rings (SSSR count). The topological polar surface area (TPSA) is 43.9 Å². The molecule has 0 bridgehead atoms. The molecule has 0 radical (unpaired) electrons. The molecular formula is C24H29N3O2. The third-order valence-electron chi connectivity index (χ3n) is 6.06. The number of amides is 2. The lowest BCUT2D eigenvalue weighted by atomic mass is 10.1. The van der Waals surface area contributed by atoms with Gasteiger partial charge in [-0.3, -0.25) is 14.5 Å². The highest BCUT2D eigenvalue weighted by Gasteiger charge is 2.23. The first-order valence-corrected chi connectivity index (χ1v) is 10.5. The maximum Gasteiger partial charge on any atom is 0.227 e. The Labute approximate surface area is 172 Å². The molecule has 0 aromatic heterocycles. The fraction of sp³-hybridized carbons (Fsp3) is 0.417. The monoisotopic (exact) mass is 391 g/mol. The summed E-state index contributed by atoms with van der Waals surface area (Å²) >= 11 is 0. The zero-order valence-corrected chi connectivity index (χ0v) is 17.1. The van der Waals surface area contributed by atoms with Crippen molar-refractivity contribution in [2.24, 2.45) is 0 Å². The molecule has 2 aromatic carbocycles. The first kappa shape index (κ1) is 19.6. The van der Waals surface area contributed by atoms with E-state index >= 15 is 0 Å². The van der Waals surface area contributed by atoms with Gasteiger partial charge in [0.2, 0.25) is 11.8 Å². The number of hydrogen-bond acceptors (Lipinski definition) is 3. The highest BCUT2D eigenvalue weighted by atomic mass is 16.2. The molecule has 0 atom stereocenters. The first-order valence-electron chi connectivity index (χ1n) is 10.5. The molecule has 0 unspecified atom stereocenters. The van der Waals surface area contributed by atoms with Gasteiger partial charge in [0.1, 0.15) is 0 Å². The molecule has 5 nitrogen and oxygen atoms in total. The van der Waals surface area contributed by atoms with Crippen LogP contribution in [0.15, 0.2) is 48.5 Å². The van der Waals surface area contributed by atoms with Crippen molar-refractivity contribution in [1.82, 2.24) is 9.80 Å². The van der Waals surface area contributed by atoms with Gasteiger partial charge >= 0.3 is 0 Å². The van der Waals surface area contributed by atoms with E-state index in [9.17, 15) is 9.59 Å². The van der Waals surface area contributed by atoms with Crippen molar-refractivity contribution in [3.63, 3.8) is 0 Å². The van der Waals surface area contributed by atoms with Gasteiger partial charge in [-0.1, -0.05) is 36.4 Å². The molecule has 0 aliphatic carbocycles. The normalized spacial score (nSPS) is 17.8.